The molecule has 0 fully saturated rings. The van der Waals surface area contributed by atoms with Crippen molar-refractivity contribution in [3.05, 3.63) is 36.5 Å². The van der Waals surface area contributed by atoms with Gasteiger partial charge in [0.15, 0.2) is 0 Å². The third-order valence-electron chi connectivity index (χ3n) is 2.82. The quantitative estimate of drug-likeness (QED) is 0.581. The molecule has 0 atom stereocenters. The molecule has 24 heavy (non-hydrogen) atoms. The molecule has 0 aliphatic rings. The standard InChI is InChI=1S/C10H18O2.2C4H6O2/c1-7(2)9(11)12-10(5,6)8(3)4;2*1-3(2)4(5)6/h8H,1H2,2-6H3;2*1H2,2H3,(H,5,6). The molecule has 0 amide bonds. The number of aliphatic carboxylic acids is 2. The zero-order valence-corrected chi connectivity index (χ0v) is 15.7. The molecular formula is C18H30O6. The Morgan fingerprint density at radius 1 is 0.833 bits per heavy atom. The lowest BCUT2D eigenvalue weighted by atomic mass is 9.94. The fourth-order valence-electron chi connectivity index (χ4n) is 0.444. The Bertz CT molecular complexity index is 450. The van der Waals surface area contributed by atoms with Crippen molar-refractivity contribution in [2.24, 2.45) is 5.92 Å². The van der Waals surface area contributed by atoms with Gasteiger partial charge < -0.3 is 14.9 Å². The molecule has 0 aromatic rings. The van der Waals surface area contributed by atoms with Crippen molar-refractivity contribution >= 4 is 17.9 Å². The van der Waals surface area contributed by atoms with E-state index in [9.17, 15) is 14.4 Å². The van der Waals surface area contributed by atoms with Crippen molar-refractivity contribution in [2.45, 2.75) is 54.1 Å². The van der Waals surface area contributed by atoms with E-state index in [1.165, 1.54) is 13.8 Å². The van der Waals surface area contributed by atoms with Crippen LogP contribution < -0.4 is 0 Å². The smallest absolute Gasteiger partial charge is 0.333 e. The van der Waals surface area contributed by atoms with E-state index in [1.807, 2.05) is 27.7 Å². The van der Waals surface area contributed by atoms with Crippen LogP contribution in [0.1, 0.15) is 48.5 Å². The third kappa shape index (κ3) is 16.0. The molecule has 0 aliphatic heterocycles. The van der Waals surface area contributed by atoms with Gasteiger partial charge in [0.25, 0.3) is 0 Å². The van der Waals surface area contributed by atoms with E-state index in [4.69, 9.17) is 14.9 Å². The van der Waals surface area contributed by atoms with Gasteiger partial charge in [-0.05, 0) is 40.5 Å². The molecule has 0 saturated heterocycles. The van der Waals surface area contributed by atoms with Crippen molar-refractivity contribution in [1.82, 2.24) is 0 Å². The van der Waals surface area contributed by atoms with E-state index in [-0.39, 0.29) is 17.1 Å². The largest absolute Gasteiger partial charge is 0.478 e. The number of carboxylic acid groups (broad SMARTS) is 2. The number of carbonyl (C=O) groups excluding carboxylic acids is 1. The van der Waals surface area contributed by atoms with Gasteiger partial charge >= 0.3 is 17.9 Å². The summed E-state index contributed by atoms with van der Waals surface area (Å²) in [6.07, 6.45) is 0. The first-order chi connectivity index (χ1) is 10.6. The Balaban J connectivity index is -0.000000309. The number of hydrogen-bond acceptors (Lipinski definition) is 4. The number of rotatable bonds is 5. The van der Waals surface area contributed by atoms with Crippen molar-refractivity contribution in [3.63, 3.8) is 0 Å². The average Bonchev–Trinajstić information content (AvgIpc) is 2.38. The van der Waals surface area contributed by atoms with Crippen LogP contribution in [0.3, 0.4) is 0 Å². The van der Waals surface area contributed by atoms with E-state index >= 15 is 0 Å². The number of carboxylic acids is 2. The predicted molar refractivity (Wildman–Crippen MR) is 94.7 cm³/mol. The van der Waals surface area contributed by atoms with Crippen molar-refractivity contribution < 1.29 is 29.3 Å². The van der Waals surface area contributed by atoms with Crippen LogP contribution in [0.25, 0.3) is 0 Å². The second kappa shape index (κ2) is 12.1. The first-order valence-electron chi connectivity index (χ1n) is 7.22. The summed E-state index contributed by atoms with van der Waals surface area (Å²) >= 11 is 0. The topological polar surface area (TPSA) is 101 Å². The highest BCUT2D eigenvalue weighted by molar-refractivity contribution is 5.87. The molecule has 0 radical (unpaired) electrons. The molecule has 138 valence electrons. The second-order valence-electron chi connectivity index (χ2n) is 6.10. The fraction of sp³-hybridized carbons (Fsp3) is 0.500. The van der Waals surface area contributed by atoms with Crippen molar-refractivity contribution in [3.8, 4) is 0 Å². The van der Waals surface area contributed by atoms with Gasteiger partial charge in [0.05, 0.1) is 0 Å². The summed E-state index contributed by atoms with van der Waals surface area (Å²) in [4.78, 5) is 30.3. The van der Waals surface area contributed by atoms with Crippen LogP contribution >= 0.6 is 0 Å². The fourth-order valence-corrected chi connectivity index (χ4v) is 0.444. The van der Waals surface area contributed by atoms with Crippen LogP contribution in [0.5, 0.6) is 0 Å². The Morgan fingerprint density at radius 2 is 1.08 bits per heavy atom. The van der Waals surface area contributed by atoms with Crippen molar-refractivity contribution in [1.29, 1.82) is 0 Å². The summed E-state index contributed by atoms with van der Waals surface area (Å²) in [6, 6.07) is 0. The molecule has 0 bridgehead atoms. The van der Waals surface area contributed by atoms with Crippen LogP contribution in [0, 0.1) is 5.92 Å². The minimum Gasteiger partial charge on any atom is -0.478 e. The zero-order chi connectivity index (χ0) is 20.2. The average molecular weight is 342 g/mol. The van der Waals surface area contributed by atoms with Crippen molar-refractivity contribution in [2.75, 3.05) is 0 Å². The van der Waals surface area contributed by atoms with Gasteiger partial charge in [0.1, 0.15) is 5.60 Å². The number of hydrogen-bond donors (Lipinski definition) is 2. The van der Waals surface area contributed by atoms with E-state index in [0.29, 0.717) is 11.5 Å². The first-order valence-corrected chi connectivity index (χ1v) is 7.22. The van der Waals surface area contributed by atoms with Crippen LogP contribution in [0.15, 0.2) is 36.5 Å². The molecule has 0 aromatic heterocycles. The monoisotopic (exact) mass is 342 g/mol. The molecule has 6 nitrogen and oxygen atoms in total. The van der Waals surface area contributed by atoms with E-state index in [0.717, 1.165) is 0 Å². The van der Waals surface area contributed by atoms with E-state index < -0.39 is 17.5 Å². The van der Waals surface area contributed by atoms with Gasteiger partial charge in [-0.3, -0.25) is 0 Å². The second-order valence-corrected chi connectivity index (χ2v) is 6.10. The van der Waals surface area contributed by atoms with Gasteiger partial charge in [0.2, 0.25) is 0 Å². The van der Waals surface area contributed by atoms with Gasteiger partial charge in [0, 0.05) is 16.7 Å². The van der Waals surface area contributed by atoms with Gasteiger partial charge in [-0.25, -0.2) is 14.4 Å². The lowest BCUT2D eigenvalue weighted by Gasteiger charge is -2.29. The number of ether oxygens (including phenoxy) is 1. The summed E-state index contributed by atoms with van der Waals surface area (Å²) in [5, 5.41) is 15.8. The molecule has 0 spiro atoms. The predicted octanol–water partition coefficient (Wildman–Crippen LogP) is 3.83. The summed E-state index contributed by atoms with van der Waals surface area (Å²) in [7, 11) is 0. The number of esters is 1. The lowest BCUT2D eigenvalue weighted by molar-refractivity contribution is -0.155. The normalized spacial score (nSPS) is 9.50. The molecule has 0 heterocycles. The molecule has 0 rings (SSSR count). The Hall–Kier alpha value is -2.37. The minimum atomic E-state index is -0.935. The molecule has 6 heteroatoms. The third-order valence-corrected chi connectivity index (χ3v) is 2.82. The summed E-state index contributed by atoms with van der Waals surface area (Å²) in [5.74, 6) is -1.88. The highest BCUT2D eigenvalue weighted by Crippen LogP contribution is 2.21. The van der Waals surface area contributed by atoms with E-state index in [2.05, 4.69) is 19.7 Å². The highest BCUT2D eigenvalue weighted by Gasteiger charge is 2.26. The van der Waals surface area contributed by atoms with Crippen LogP contribution in [-0.4, -0.2) is 33.7 Å². The summed E-state index contributed by atoms with van der Waals surface area (Å²) in [5.41, 5.74) is 0.393. The van der Waals surface area contributed by atoms with Gasteiger partial charge in [-0.15, -0.1) is 0 Å². The highest BCUT2D eigenvalue weighted by atomic mass is 16.6. The molecule has 0 saturated carbocycles. The minimum absolute atomic E-state index is 0.176. The summed E-state index contributed by atoms with van der Waals surface area (Å²) in [6.45, 7) is 22.2. The number of carbonyl (C=O) groups is 3. The van der Waals surface area contributed by atoms with Gasteiger partial charge in [-0.2, -0.15) is 0 Å². The molecule has 2 N–H and O–H groups in total. The van der Waals surface area contributed by atoms with E-state index in [1.54, 1.807) is 6.92 Å². The lowest BCUT2D eigenvalue weighted by Crippen LogP contribution is -2.33. The summed E-state index contributed by atoms with van der Waals surface area (Å²) < 4.78 is 5.22. The Morgan fingerprint density at radius 3 is 1.21 bits per heavy atom. The van der Waals surface area contributed by atoms with Crippen LogP contribution in [0.2, 0.25) is 0 Å². The Kier molecular flexibility index (Phi) is 13.4. The van der Waals surface area contributed by atoms with Crippen LogP contribution in [-0.2, 0) is 19.1 Å². The molecular weight excluding hydrogens is 312 g/mol. The zero-order valence-electron chi connectivity index (χ0n) is 15.7. The molecule has 0 aliphatic carbocycles. The van der Waals surface area contributed by atoms with Gasteiger partial charge in [-0.1, -0.05) is 33.6 Å². The Labute approximate surface area is 144 Å². The maximum atomic E-state index is 11.1. The first kappa shape index (κ1) is 26.5. The maximum Gasteiger partial charge on any atom is 0.333 e. The molecule has 0 unspecified atom stereocenters. The SMILES string of the molecule is C=C(C)C(=O)O.C=C(C)C(=O)O.C=C(C)C(=O)OC(C)(C)C(C)C. The molecule has 0 aromatic carbocycles. The van der Waals surface area contributed by atoms with Crippen LogP contribution in [0.4, 0.5) is 0 Å². The maximum absolute atomic E-state index is 11.1.